The van der Waals surface area contributed by atoms with Gasteiger partial charge in [-0.05, 0) is 24.6 Å². The quantitative estimate of drug-likeness (QED) is 0.582. The van der Waals surface area contributed by atoms with Crippen LogP contribution in [0.4, 0.5) is 26.3 Å². The maximum Gasteiger partial charge on any atom is 0.420 e. The van der Waals surface area contributed by atoms with Crippen molar-refractivity contribution in [2.24, 2.45) is 0 Å². The molecule has 1 N–H and O–H groups in total. The maximum absolute atomic E-state index is 13.2. The summed E-state index contributed by atoms with van der Waals surface area (Å²) in [5.41, 5.74) is -2.07. The summed E-state index contributed by atoms with van der Waals surface area (Å²) in [5, 5.41) is 0. The number of fused-ring (bicyclic) bond motifs is 2. The van der Waals surface area contributed by atoms with Gasteiger partial charge < -0.3 is 14.3 Å². The summed E-state index contributed by atoms with van der Waals surface area (Å²) < 4.78 is 84.5. The molecule has 0 aliphatic heterocycles. The van der Waals surface area contributed by atoms with Crippen molar-refractivity contribution in [2.45, 2.75) is 38.3 Å². The summed E-state index contributed by atoms with van der Waals surface area (Å²) in [6.07, 6.45) is -8.88. The highest BCUT2D eigenvalue weighted by Gasteiger charge is 2.37. The molecule has 4 rings (SSSR count). The molecule has 0 bridgehead atoms. The summed E-state index contributed by atoms with van der Waals surface area (Å²) in [4.78, 5) is 32.5. The number of allylic oxidation sites excluding steroid dienone is 1. The summed E-state index contributed by atoms with van der Waals surface area (Å²) in [7, 11) is 1.33. The van der Waals surface area contributed by atoms with Crippen LogP contribution in [-0.2, 0) is 30.5 Å². The number of nitrogens with zero attached hydrogens (tertiary/aromatic N) is 3. The Balaban J connectivity index is 1.55. The van der Waals surface area contributed by atoms with Crippen molar-refractivity contribution in [3.05, 3.63) is 57.2 Å². The fourth-order valence-electron chi connectivity index (χ4n) is 3.61. The van der Waals surface area contributed by atoms with Crippen LogP contribution in [0.25, 0.3) is 17.1 Å². The van der Waals surface area contributed by atoms with Gasteiger partial charge in [0.15, 0.2) is 0 Å². The van der Waals surface area contributed by atoms with Gasteiger partial charge in [0.1, 0.15) is 23.6 Å². The molecule has 176 valence electrons. The van der Waals surface area contributed by atoms with Crippen molar-refractivity contribution in [3.63, 3.8) is 0 Å². The first-order valence-electron chi connectivity index (χ1n) is 9.63. The fraction of sp³-hybridized carbons (Fsp3) is 0.350. The van der Waals surface area contributed by atoms with Gasteiger partial charge in [-0.2, -0.15) is 26.3 Å². The summed E-state index contributed by atoms with van der Waals surface area (Å²) in [6, 6.07) is 3.52. The molecule has 0 spiro atoms. The molecular formula is C20H16F6N4O3. The minimum atomic E-state index is -4.61. The highest BCUT2D eigenvalue weighted by molar-refractivity contribution is 5.80. The number of oxazole rings is 1. The molecule has 0 saturated heterocycles. The smallest absolute Gasteiger partial charge is 0.412 e. The molecule has 7 nitrogen and oxygen atoms in total. The van der Waals surface area contributed by atoms with Crippen LogP contribution in [0.2, 0.25) is 0 Å². The Labute approximate surface area is 181 Å². The summed E-state index contributed by atoms with van der Waals surface area (Å²) in [6.45, 7) is -0.826. The Hall–Kier alpha value is -3.51. The number of nitrogens with one attached hydrogen (secondary N) is 1. The predicted molar refractivity (Wildman–Crippen MR) is 103 cm³/mol. The number of imidazole rings is 1. The van der Waals surface area contributed by atoms with Crippen LogP contribution in [0.5, 0.6) is 0 Å². The van der Waals surface area contributed by atoms with Gasteiger partial charge >= 0.3 is 18.1 Å². The lowest BCUT2D eigenvalue weighted by Gasteiger charge is -2.18. The van der Waals surface area contributed by atoms with Crippen LogP contribution in [0.15, 0.2) is 33.0 Å². The van der Waals surface area contributed by atoms with Gasteiger partial charge in [0, 0.05) is 19.0 Å². The van der Waals surface area contributed by atoms with E-state index in [2.05, 4.69) is 9.97 Å². The van der Waals surface area contributed by atoms with Crippen molar-refractivity contribution < 1.29 is 35.6 Å². The summed E-state index contributed by atoms with van der Waals surface area (Å²) in [5.74, 6) is -1.52. The number of halogens is 6. The number of likely N-dealkylation sites (N-methyl/N-ethyl adjacent to an activating group) is 1. The highest BCUT2D eigenvalue weighted by atomic mass is 19.4. The van der Waals surface area contributed by atoms with E-state index in [0.717, 1.165) is 21.6 Å². The minimum Gasteiger partial charge on any atom is -0.412 e. The molecular weight excluding hydrogens is 458 g/mol. The van der Waals surface area contributed by atoms with Crippen molar-refractivity contribution in [1.82, 2.24) is 19.4 Å². The number of amides is 1. The zero-order valence-corrected chi connectivity index (χ0v) is 17.0. The van der Waals surface area contributed by atoms with Gasteiger partial charge in [-0.3, -0.25) is 9.36 Å². The van der Waals surface area contributed by atoms with E-state index in [1.807, 2.05) is 0 Å². The monoisotopic (exact) mass is 474 g/mol. The van der Waals surface area contributed by atoms with E-state index in [0.29, 0.717) is 0 Å². The third-order valence-electron chi connectivity index (χ3n) is 5.28. The number of benzene rings is 1. The lowest BCUT2D eigenvalue weighted by Crippen LogP contribution is -2.33. The van der Waals surface area contributed by atoms with Crippen LogP contribution in [-0.4, -0.2) is 38.6 Å². The molecule has 0 unspecified atom stereocenters. The molecule has 0 fully saturated rings. The molecule has 33 heavy (non-hydrogen) atoms. The van der Waals surface area contributed by atoms with Crippen LogP contribution >= 0.6 is 0 Å². The minimum absolute atomic E-state index is 0.0559. The number of alkyl halides is 6. The van der Waals surface area contributed by atoms with Crippen LogP contribution < -0.4 is 5.76 Å². The first kappa shape index (κ1) is 22.7. The average Bonchev–Trinajstić information content (AvgIpc) is 3.25. The van der Waals surface area contributed by atoms with E-state index in [1.54, 1.807) is 0 Å². The molecule has 3 aromatic rings. The standard InChI is InChI=1S/C20H16F6N4O3/c1-29(8-15-27-12-4-2-3-11(17(12)28-15)20(24,25)26)16(31)9-30-13-7-10(19(21,22)23)5-6-14(13)33-18(30)32/h2-4,7H,5-6,8-9H2,1H3,(H,27,28). The second kappa shape index (κ2) is 7.81. The number of hydrogen-bond donors (Lipinski definition) is 1. The topological polar surface area (TPSA) is 84.1 Å². The Morgan fingerprint density at radius 2 is 1.91 bits per heavy atom. The molecule has 0 atom stereocenters. The zero-order valence-electron chi connectivity index (χ0n) is 17.0. The largest absolute Gasteiger partial charge is 0.420 e. The average molecular weight is 474 g/mol. The van der Waals surface area contributed by atoms with Crippen LogP contribution in [0, 0.1) is 0 Å². The van der Waals surface area contributed by atoms with E-state index in [1.165, 1.54) is 19.2 Å². The first-order chi connectivity index (χ1) is 15.3. The van der Waals surface area contributed by atoms with Gasteiger partial charge in [0.05, 0.1) is 23.3 Å². The van der Waals surface area contributed by atoms with Gasteiger partial charge in [0.25, 0.3) is 0 Å². The first-order valence-corrected chi connectivity index (χ1v) is 9.63. The molecule has 2 heterocycles. The Bertz CT molecular complexity index is 1310. The van der Waals surface area contributed by atoms with E-state index < -0.39 is 41.7 Å². The number of aryl methyl sites for hydroxylation is 1. The number of aromatic nitrogens is 3. The lowest BCUT2D eigenvalue weighted by molar-refractivity contribution is -0.136. The Kier molecular flexibility index (Phi) is 5.37. The van der Waals surface area contributed by atoms with E-state index in [9.17, 15) is 35.9 Å². The van der Waals surface area contributed by atoms with Crippen molar-refractivity contribution >= 4 is 23.0 Å². The van der Waals surface area contributed by atoms with E-state index in [4.69, 9.17) is 4.42 Å². The number of para-hydroxylation sites is 1. The van der Waals surface area contributed by atoms with Gasteiger partial charge in [-0.15, -0.1) is 0 Å². The third-order valence-corrected chi connectivity index (χ3v) is 5.28. The Morgan fingerprint density at radius 1 is 1.18 bits per heavy atom. The molecule has 0 saturated carbocycles. The molecule has 0 radical (unpaired) electrons. The van der Waals surface area contributed by atoms with E-state index in [-0.39, 0.29) is 47.7 Å². The molecule has 1 aliphatic carbocycles. The second-order valence-electron chi connectivity index (χ2n) is 7.56. The van der Waals surface area contributed by atoms with Gasteiger partial charge in [0.2, 0.25) is 5.91 Å². The third kappa shape index (κ3) is 4.39. The predicted octanol–water partition coefficient (Wildman–Crippen LogP) is 3.89. The van der Waals surface area contributed by atoms with E-state index >= 15 is 0 Å². The van der Waals surface area contributed by atoms with Crippen LogP contribution in [0.1, 0.15) is 29.3 Å². The van der Waals surface area contributed by atoms with Gasteiger partial charge in [-0.25, -0.2) is 9.78 Å². The number of carbonyl (C=O) groups is 1. The van der Waals surface area contributed by atoms with Crippen molar-refractivity contribution in [1.29, 1.82) is 0 Å². The number of hydrogen-bond acceptors (Lipinski definition) is 4. The fourth-order valence-corrected chi connectivity index (χ4v) is 3.61. The molecule has 2 aromatic heterocycles. The SMILES string of the molecule is CN(Cc1nc2c(C(F)(F)F)cccc2[nH]1)C(=O)Cn1c2c(oc1=O)CCC(C(F)(F)F)=C2. The Morgan fingerprint density at radius 3 is 2.58 bits per heavy atom. The van der Waals surface area contributed by atoms with Crippen molar-refractivity contribution in [3.8, 4) is 0 Å². The number of H-pyrrole nitrogens is 1. The molecule has 13 heteroatoms. The molecule has 1 amide bonds. The second-order valence-corrected chi connectivity index (χ2v) is 7.56. The zero-order chi connectivity index (χ0) is 24.1. The maximum atomic E-state index is 13.2. The number of rotatable bonds is 4. The number of aromatic amines is 1. The van der Waals surface area contributed by atoms with Crippen molar-refractivity contribution in [2.75, 3.05) is 7.05 Å². The molecule has 1 aromatic carbocycles. The molecule has 1 aliphatic rings. The number of carbonyl (C=O) groups excluding carboxylic acids is 1. The van der Waals surface area contributed by atoms with Crippen LogP contribution in [0.3, 0.4) is 0 Å². The lowest BCUT2D eigenvalue weighted by atomic mass is 10.0. The normalized spacial score (nSPS) is 14.3. The highest BCUT2D eigenvalue weighted by Crippen LogP contribution is 2.35. The van der Waals surface area contributed by atoms with Gasteiger partial charge in [-0.1, -0.05) is 6.07 Å². The summed E-state index contributed by atoms with van der Waals surface area (Å²) >= 11 is 0.